The molecule has 29 heavy (non-hydrogen) atoms. The van der Waals surface area contributed by atoms with Gasteiger partial charge in [-0.05, 0) is 37.1 Å². The standard InChI is InChI=1S/C24H25N3O2/c28-23(19-14-18-10-4-5-11-20(18)25-15-19)26-24-21-12-6-7-13-27(21)22(16-29-24)17-8-2-1-3-9-17/h1-5,8-11,14-15,21-22,24H,6-7,12-13,16H2,(H,26,28). The van der Waals surface area contributed by atoms with Gasteiger partial charge in [-0.15, -0.1) is 0 Å². The molecule has 3 heterocycles. The number of morpholine rings is 1. The maximum absolute atomic E-state index is 12.9. The van der Waals surface area contributed by atoms with Crippen LogP contribution in [0.15, 0.2) is 66.9 Å². The second-order valence-corrected chi connectivity index (χ2v) is 7.87. The summed E-state index contributed by atoms with van der Waals surface area (Å²) < 4.78 is 6.20. The minimum absolute atomic E-state index is 0.128. The molecule has 1 N–H and O–H groups in total. The Hall–Kier alpha value is -2.76. The van der Waals surface area contributed by atoms with Crippen molar-refractivity contribution in [1.82, 2.24) is 15.2 Å². The van der Waals surface area contributed by atoms with E-state index in [9.17, 15) is 4.79 Å². The van der Waals surface area contributed by atoms with Crippen LogP contribution in [0.25, 0.3) is 10.9 Å². The molecule has 1 aromatic heterocycles. The van der Waals surface area contributed by atoms with Crippen LogP contribution in [0.1, 0.15) is 41.2 Å². The van der Waals surface area contributed by atoms with Gasteiger partial charge in [0.05, 0.1) is 29.8 Å². The van der Waals surface area contributed by atoms with Gasteiger partial charge in [0.1, 0.15) is 6.23 Å². The molecular formula is C24H25N3O2. The molecule has 0 spiro atoms. The number of para-hydroxylation sites is 1. The zero-order valence-corrected chi connectivity index (χ0v) is 16.3. The molecule has 1 amide bonds. The Balaban J connectivity index is 1.35. The zero-order valence-electron chi connectivity index (χ0n) is 16.3. The van der Waals surface area contributed by atoms with E-state index >= 15 is 0 Å². The number of carbonyl (C=O) groups is 1. The van der Waals surface area contributed by atoms with Gasteiger partial charge in [0.25, 0.3) is 5.91 Å². The van der Waals surface area contributed by atoms with Crippen LogP contribution < -0.4 is 5.32 Å². The van der Waals surface area contributed by atoms with Crippen molar-refractivity contribution in [2.75, 3.05) is 13.2 Å². The van der Waals surface area contributed by atoms with Crippen LogP contribution in [0.5, 0.6) is 0 Å². The first kappa shape index (κ1) is 18.3. The summed E-state index contributed by atoms with van der Waals surface area (Å²) in [6.45, 7) is 1.62. The fraction of sp³-hybridized carbons (Fsp3) is 0.333. The lowest BCUT2D eigenvalue weighted by atomic mass is 9.93. The highest BCUT2D eigenvalue weighted by Gasteiger charge is 2.40. The van der Waals surface area contributed by atoms with E-state index in [1.54, 1.807) is 6.20 Å². The van der Waals surface area contributed by atoms with Crippen molar-refractivity contribution in [3.63, 3.8) is 0 Å². The second-order valence-electron chi connectivity index (χ2n) is 7.87. The lowest BCUT2D eigenvalue weighted by Gasteiger charge is -2.48. The molecule has 0 saturated carbocycles. The second kappa shape index (κ2) is 7.93. The van der Waals surface area contributed by atoms with Crippen LogP contribution in [-0.4, -0.2) is 41.2 Å². The van der Waals surface area contributed by atoms with Gasteiger partial charge in [-0.1, -0.05) is 55.0 Å². The number of amides is 1. The van der Waals surface area contributed by atoms with Crippen LogP contribution in [0.2, 0.25) is 0 Å². The molecule has 2 aliphatic heterocycles. The quantitative estimate of drug-likeness (QED) is 0.740. The largest absolute Gasteiger partial charge is 0.355 e. The van der Waals surface area contributed by atoms with Crippen molar-refractivity contribution in [2.45, 2.75) is 37.6 Å². The first-order valence-electron chi connectivity index (χ1n) is 10.4. The molecule has 5 rings (SSSR count). The van der Waals surface area contributed by atoms with E-state index in [0.29, 0.717) is 12.2 Å². The van der Waals surface area contributed by atoms with E-state index in [-0.39, 0.29) is 24.2 Å². The van der Waals surface area contributed by atoms with Crippen LogP contribution in [0.4, 0.5) is 0 Å². The molecule has 0 bridgehead atoms. The normalized spacial score (nSPS) is 24.8. The summed E-state index contributed by atoms with van der Waals surface area (Å²) in [6, 6.07) is 20.7. The predicted octanol–water partition coefficient (Wildman–Crippen LogP) is 3.92. The Bertz CT molecular complexity index is 1010. The molecule has 3 atom stereocenters. The lowest BCUT2D eigenvalue weighted by Crippen LogP contribution is -2.60. The monoisotopic (exact) mass is 387 g/mol. The summed E-state index contributed by atoms with van der Waals surface area (Å²) >= 11 is 0. The number of rotatable bonds is 3. The SMILES string of the molecule is O=C(NC1OCC(c2ccccc2)N2CCCCC12)c1cnc2ccccc2c1. The summed E-state index contributed by atoms with van der Waals surface area (Å²) in [5.41, 5.74) is 2.74. The number of benzene rings is 2. The maximum Gasteiger partial charge on any atom is 0.254 e. The Morgan fingerprint density at radius 2 is 1.90 bits per heavy atom. The van der Waals surface area contributed by atoms with Crippen molar-refractivity contribution in [3.8, 4) is 0 Å². The zero-order chi connectivity index (χ0) is 19.6. The summed E-state index contributed by atoms with van der Waals surface area (Å²) in [4.78, 5) is 19.9. The van der Waals surface area contributed by atoms with Crippen LogP contribution in [0.3, 0.4) is 0 Å². The number of fused-ring (bicyclic) bond motifs is 2. The summed E-state index contributed by atoms with van der Waals surface area (Å²) in [5, 5.41) is 4.09. The molecule has 148 valence electrons. The first-order chi connectivity index (χ1) is 14.3. The molecule has 2 fully saturated rings. The molecule has 3 aromatic rings. The Morgan fingerprint density at radius 1 is 1.07 bits per heavy atom. The van der Waals surface area contributed by atoms with Gasteiger partial charge in [0, 0.05) is 11.6 Å². The van der Waals surface area contributed by atoms with E-state index in [0.717, 1.165) is 30.3 Å². The Morgan fingerprint density at radius 3 is 2.79 bits per heavy atom. The average molecular weight is 387 g/mol. The lowest BCUT2D eigenvalue weighted by molar-refractivity contribution is -0.125. The van der Waals surface area contributed by atoms with Gasteiger partial charge in [-0.2, -0.15) is 0 Å². The first-order valence-corrected chi connectivity index (χ1v) is 10.4. The fourth-order valence-electron chi connectivity index (χ4n) is 4.60. The maximum atomic E-state index is 12.9. The molecule has 2 aliphatic rings. The van der Waals surface area contributed by atoms with E-state index in [4.69, 9.17) is 4.74 Å². The highest BCUT2D eigenvalue weighted by molar-refractivity contribution is 5.97. The van der Waals surface area contributed by atoms with Crippen molar-refractivity contribution in [1.29, 1.82) is 0 Å². The Labute approximate surface area is 170 Å². The van der Waals surface area contributed by atoms with E-state index < -0.39 is 0 Å². The molecule has 5 heteroatoms. The topological polar surface area (TPSA) is 54.5 Å². The third-order valence-electron chi connectivity index (χ3n) is 6.09. The van der Waals surface area contributed by atoms with E-state index in [1.165, 1.54) is 12.0 Å². The van der Waals surface area contributed by atoms with Crippen LogP contribution >= 0.6 is 0 Å². The van der Waals surface area contributed by atoms with Gasteiger partial charge in [0.2, 0.25) is 0 Å². The van der Waals surface area contributed by atoms with Crippen molar-refractivity contribution >= 4 is 16.8 Å². The smallest absolute Gasteiger partial charge is 0.254 e. The molecule has 5 nitrogen and oxygen atoms in total. The molecule has 0 aliphatic carbocycles. The minimum atomic E-state index is -0.297. The van der Waals surface area contributed by atoms with Crippen molar-refractivity contribution < 1.29 is 9.53 Å². The van der Waals surface area contributed by atoms with Gasteiger partial charge in [-0.25, -0.2) is 0 Å². The molecule has 0 radical (unpaired) electrons. The van der Waals surface area contributed by atoms with E-state index in [2.05, 4.69) is 39.5 Å². The molecule has 3 unspecified atom stereocenters. The number of ether oxygens (including phenoxy) is 1. The number of hydrogen-bond donors (Lipinski definition) is 1. The number of carbonyl (C=O) groups excluding carboxylic acids is 1. The number of nitrogens with one attached hydrogen (secondary N) is 1. The number of aromatic nitrogens is 1. The van der Waals surface area contributed by atoms with Gasteiger partial charge >= 0.3 is 0 Å². The van der Waals surface area contributed by atoms with Crippen molar-refractivity contribution in [3.05, 3.63) is 78.0 Å². The highest BCUT2D eigenvalue weighted by atomic mass is 16.5. The van der Waals surface area contributed by atoms with Crippen molar-refractivity contribution in [2.24, 2.45) is 0 Å². The number of nitrogens with zero attached hydrogens (tertiary/aromatic N) is 2. The van der Waals surface area contributed by atoms with Crippen LogP contribution in [-0.2, 0) is 4.74 Å². The summed E-state index contributed by atoms with van der Waals surface area (Å²) in [5.74, 6) is -0.128. The molecule has 2 aromatic carbocycles. The number of piperidine rings is 1. The number of hydrogen-bond acceptors (Lipinski definition) is 4. The van der Waals surface area contributed by atoms with Gasteiger partial charge in [0.15, 0.2) is 0 Å². The fourth-order valence-corrected chi connectivity index (χ4v) is 4.60. The molecular weight excluding hydrogens is 362 g/mol. The predicted molar refractivity (Wildman–Crippen MR) is 112 cm³/mol. The van der Waals surface area contributed by atoms with Gasteiger partial charge < -0.3 is 10.1 Å². The van der Waals surface area contributed by atoms with Gasteiger partial charge in [-0.3, -0.25) is 14.7 Å². The third-order valence-corrected chi connectivity index (χ3v) is 6.09. The van der Waals surface area contributed by atoms with Crippen LogP contribution in [0, 0.1) is 0 Å². The summed E-state index contributed by atoms with van der Waals surface area (Å²) in [7, 11) is 0. The Kier molecular flexibility index (Phi) is 5.00. The highest BCUT2D eigenvalue weighted by Crippen LogP contribution is 2.34. The molecule has 2 saturated heterocycles. The van der Waals surface area contributed by atoms with E-state index in [1.807, 2.05) is 36.4 Å². The summed E-state index contributed by atoms with van der Waals surface area (Å²) in [6.07, 6.45) is 4.73. The third kappa shape index (κ3) is 3.63. The minimum Gasteiger partial charge on any atom is -0.355 e. The average Bonchev–Trinajstić information content (AvgIpc) is 2.79. The number of pyridine rings is 1.